The summed E-state index contributed by atoms with van der Waals surface area (Å²) in [7, 11) is 3.97. The van der Waals surface area contributed by atoms with Gasteiger partial charge in [-0.15, -0.1) is 0 Å². The van der Waals surface area contributed by atoms with Crippen LogP contribution in [0.3, 0.4) is 0 Å². The van der Waals surface area contributed by atoms with Gasteiger partial charge in [0.1, 0.15) is 17.1 Å². The van der Waals surface area contributed by atoms with Gasteiger partial charge in [-0.1, -0.05) is 43.0 Å². The number of anilines is 1. The van der Waals surface area contributed by atoms with E-state index < -0.39 is 5.82 Å². The third kappa shape index (κ3) is 5.55. The summed E-state index contributed by atoms with van der Waals surface area (Å²) in [6, 6.07) is 19.5. The van der Waals surface area contributed by atoms with Crippen LogP contribution in [0, 0.1) is 17.1 Å². The molecule has 4 aromatic rings. The Balaban J connectivity index is 1.72. The van der Waals surface area contributed by atoms with Gasteiger partial charge >= 0.3 is 0 Å². The fraction of sp³-hybridized carbons (Fsp3) is 0.219. The van der Waals surface area contributed by atoms with Gasteiger partial charge in [-0.2, -0.15) is 5.26 Å². The number of ether oxygens (including phenoxy) is 1. The lowest BCUT2D eigenvalue weighted by atomic mass is 9.98. The lowest BCUT2D eigenvalue weighted by molar-refractivity contribution is -0.126. The summed E-state index contributed by atoms with van der Waals surface area (Å²) >= 11 is 0. The topological polar surface area (TPSA) is 92.9 Å². The predicted octanol–water partition coefficient (Wildman–Crippen LogP) is 5.31. The Labute approximate surface area is 238 Å². The molecular weight excluding hydrogens is 521 g/mol. The minimum Gasteiger partial charge on any atom is -0.504 e. The van der Waals surface area contributed by atoms with Crippen LogP contribution in [-0.2, 0) is 11.3 Å². The molecule has 208 valence electrons. The highest BCUT2D eigenvalue weighted by molar-refractivity contribution is 6.01. The molecule has 0 aliphatic carbocycles. The number of piperazine rings is 1. The maximum Gasteiger partial charge on any atom is 0.246 e. The van der Waals surface area contributed by atoms with Crippen molar-refractivity contribution in [2.75, 3.05) is 45.2 Å². The van der Waals surface area contributed by atoms with Crippen LogP contribution in [0.15, 0.2) is 73.3 Å². The Hall–Kier alpha value is -4.94. The molecule has 5 rings (SSSR count). The van der Waals surface area contributed by atoms with Crippen molar-refractivity contribution < 1.29 is 19.0 Å². The Kier molecular flexibility index (Phi) is 7.86. The SMILES string of the molecule is C=CC(=O)N1CCN(c2c(C#N)c(-c3cccc(CN(C)C)c3)nc3c(Oc4c(O)cccc4F)cccc23)CC1. The van der Waals surface area contributed by atoms with Crippen LogP contribution in [0.2, 0.25) is 0 Å². The minimum absolute atomic E-state index is 0.136. The van der Waals surface area contributed by atoms with Crippen LogP contribution >= 0.6 is 0 Å². The molecule has 0 atom stereocenters. The quantitative estimate of drug-likeness (QED) is 0.311. The standard InChI is InChI=1S/C32H30FN5O3/c1-4-28(40)37-14-16-38(17-15-37)31-23-10-6-13-27(41-32-25(33)11-7-12-26(32)39)30(23)35-29(24(31)19-34)22-9-5-8-21(18-22)20-36(2)3/h4-13,18,39H,1,14-17,20H2,2-3H3. The number of carbonyl (C=O) groups excluding carboxylic acids is 1. The van der Waals surface area contributed by atoms with Crippen molar-refractivity contribution in [2.24, 2.45) is 0 Å². The molecule has 1 fully saturated rings. The van der Waals surface area contributed by atoms with Gasteiger partial charge in [0.2, 0.25) is 11.7 Å². The number of pyridine rings is 1. The fourth-order valence-corrected chi connectivity index (χ4v) is 5.14. The zero-order chi connectivity index (χ0) is 29.1. The van der Waals surface area contributed by atoms with E-state index in [4.69, 9.17) is 9.72 Å². The van der Waals surface area contributed by atoms with Crippen LogP contribution in [-0.4, -0.2) is 66.1 Å². The van der Waals surface area contributed by atoms with E-state index in [1.165, 1.54) is 24.3 Å². The molecule has 41 heavy (non-hydrogen) atoms. The third-order valence-corrected chi connectivity index (χ3v) is 7.00. The molecule has 9 heteroatoms. The first-order chi connectivity index (χ1) is 19.8. The highest BCUT2D eigenvalue weighted by Gasteiger charge is 2.27. The van der Waals surface area contributed by atoms with Crippen LogP contribution in [0.25, 0.3) is 22.2 Å². The number of phenols is 1. The maximum absolute atomic E-state index is 14.6. The van der Waals surface area contributed by atoms with Crippen LogP contribution in [0.1, 0.15) is 11.1 Å². The first-order valence-corrected chi connectivity index (χ1v) is 13.2. The number of hydrogen-bond acceptors (Lipinski definition) is 7. The molecule has 1 N–H and O–H groups in total. The number of phenolic OH excluding ortho intramolecular Hbond substituents is 1. The summed E-state index contributed by atoms with van der Waals surface area (Å²) in [6.07, 6.45) is 1.30. The lowest BCUT2D eigenvalue weighted by Crippen LogP contribution is -2.48. The molecular formula is C32H30FN5O3. The maximum atomic E-state index is 14.6. The van der Waals surface area contributed by atoms with Gasteiger partial charge in [0.15, 0.2) is 17.3 Å². The van der Waals surface area contributed by atoms with Gasteiger partial charge in [-0.05, 0) is 50.0 Å². The van der Waals surface area contributed by atoms with E-state index in [1.807, 2.05) is 44.4 Å². The van der Waals surface area contributed by atoms with E-state index in [0.717, 1.165) is 11.1 Å². The number of nitriles is 1. The van der Waals surface area contributed by atoms with Gasteiger partial charge in [-0.25, -0.2) is 9.37 Å². The molecule has 2 heterocycles. The van der Waals surface area contributed by atoms with E-state index in [-0.39, 0.29) is 23.2 Å². The Bertz CT molecular complexity index is 1650. The number of rotatable bonds is 7. The average Bonchev–Trinajstić information content (AvgIpc) is 2.97. The molecule has 1 aromatic heterocycles. The lowest BCUT2D eigenvalue weighted by Gasteiger charge is -2.37. The zero-order valence-corrected chi connectivity index (χ0v) is 23.0. The number of nitrogens with zero attached hydrogens (tertiary/aromatic N) is 5. The number of amides is 1. The molecule has 1 aliphatic rings. The molecule has 0 saturated carbocycles. The van der Waals surface area contributed by atoms with Crippen molar-refractivity contribution >= 4 is 22.5 Å². The number of hydrogen-bond donors (Lipinski definition) is 1. The largest absolute Gasteiger partial charge is 0.504 e. The summed E-state index contributed by atoms with van der Waals surface area (Å²) in [5.41, 5.74) is 3.76. The average molecular weight is 552 g/mol. The summed E-state index contributed by atoms with van der Waals surface area (Å²) in [6.45, 7) is 6.21. The second kappa shape index (κ2) is 11.7. The minimum atomic E-state index is -0.713. The molecule has 1 saturated heterocycles. The molecule has 1 amide bonds. The number of fused-ring (bicyclic) bond motifs is 1. The van der Waals surface area contributed by atoms with E-state index in [2.05, 4.69) is 22.4 Å². The van der Waals surface area contributed by atoms with Crippen molar-refractivity contribution in [1.29, 1.82) is 5.26 Å². The molecule has 1 aliphatic heterocycles. The smallest absolute Gasteiger partial charge is 0.246 e. The van der Waals surface area contributed by atoms with E-state index in [0.29, 0.717) is 60.6 Å². The van der Waals surface area contributed by atoms with Crippen molar-refractivity contribution in [3.05, 3.63) is 90.3 Å². The second-order valence-corrected chi connectivity index (χ2v) is 10.1. The number of halogens is 1. The second-order valence-electron chi connectivity index (χ2n) is 10.1. The number of aromatic nitrogens is 1. The molecule has 8 nitrogen and oxygen atoms in total. The Morgan fingerprint density at radius 1 is 1.15 bits per heavy atom. The first kappa shape index (κ1) is 27.6. The van der Waals surface area contributed by atoms with Crippen molar-refractivity contribution in [2.45, 2.75) is 6.54 Å². The molecule has 3 aromatic carbocycles. The highest BCUT2D eigenvalue weighted by atomic mass is 19.1. The van der Waals surface area contributed by atoms with Gasteiger partial charge in [0, 0.05) is 43.7 Å². The predicted molar refractivity (Wildman–Crippen MR) is 156 cm³/mol. The van der Waals surface area contributed by atoms with Gasteiger partial charge < -0.3 is 24.5 Å². The summed E-state index contributed by atoms with van der Waals surface area (Å²) < 4.78 is 20.6. The van der Waals surface area contributed by atoms with Crippen molar-refractivity contribution in [3.8, 4) is 34.6 Å². The van der Waals surface area contributed by atoms with Gasteiger partial charge in [-0.3, -0.25) is 4.79 Å². The monoisotopic (exact) mass is 551 g/mol. The van der Waals surface area contributed by atoms with Crippen LogP contribution in [0.4, 0.5) is 10.1 Å². The van der Waals surface area contributed by atoms with Crippen molar-refractivity contribution in [3.63, 3.8) is 0 Å². The fourth-order valence-electron chi connectivity index (χ4n) is 5.14. The van der Waals surface area contributed by atoms with E-state index in [1.54, 1.807) is 17.0 Å². The van der Waals surface area contributed by atoms with E-state index >= 15 is 0 Å². The highest BCUT2D eigenvalue weighted by Crippen LogP contribution is 2.42. The number of aromatic hydroxyl groups is 1. The summed E-state index contributed by atoms with van der Waals surface area (Å²) in [4.78, 5) is 23.0. The molecule has 0 unspecified atom stereocenters. The number of para-hydroxylation sites is 2. The summed E-state index contributed by atoms with van der Waals surface area (Å²) in [5, 5.41) is 21.5. The van der Waals surface area contributed by atoms with Gasteiger partial charge in [0.05, 0.1) is 11.4 Å². The molecule has 0 spiro atoms. The van der Waals surface area contributed by atoms with E-state index in [9.17, 15) is 19.6 Å². The molecule has 0 bridgehead atoms. The van der Waals surface area contributed by atoms with Crippen LogP contribution in [0.5, 0.6) is 17.2 Å². The first-order valence-electron chi connectivity index (χ1n) is 13.2. The van der Waals surface area contributed by atoms with Crippen molar-refractivity contribution in [1.82, 2.24) is 14.8 Å². The number of carbonyl (C=O) groups is 1. The Morgan fingerprint density at radius 3 is 2.56 bits per heavy atom. The zero-order valence-electron chi connectivity index (χ0n) is 23.0. The number of benzene rings is 3. The Morgan fingerprint density at radius 2 is 1.88 bits per heavy atom. The third-order valence-electron chi connectivity index (χ3n) is 7.00. The van der Waals surface area contributed by atoms with Gasteiger partial charge in [0.25, 0.3) is 0 Å². The normalized spacial score (nSPS) is 13.3. The molecule has 0 radical (unpaired) electrons. The van der Waals surface area contributed by atoms with Crippen LogP contribution < -0.4 is 9.64 Å². The summed E-state index contributed by atoms with van der Waals surface area (Å²) in [5.74, 6) is -1.26.